The van der Waals surface area contributed by atoms with Crippen molar-refractivity contribution < 1.29 is 13.5 Å². The second-order valence-electron chi connectivity index (χ2n) is 5.94. The van der Waals surface area contributed by atoms with Crippen molar-refractivity contribution in [2.24, 2.45) is 0 Å². The third-order valence-corrected chi connectivity index (χ3v) is 6.51. The quantitative estimate of drug-likeness (QED) is 0.889. The van der Waals surface area contributed by atoms with Gasteiger partial charge in [0.25, 0.3) is 0 Å². The zero-order valence-electron chi connectivity index (χ0n) is 12.2. The third-order valence-electron chi connectivity index (χ3n) is 4.63. The molecule has 116 valence electrons. The first-order chi connectivity index (χ1) is 10.00. The topological polar surface area (TPSA) is 69.6 Å². The zero-order chi connectivity index (χ0) is 15.0. The Morgan fingerprint density at radius 2 is 2.05 bits per heavy atom. The second-order valence-corrected chi connectivity index (χ2v) is 7.93. The summed E-state index contributed by atoms with van der Waals surface area (Å²) >= 11 is 0. The van der Waals surface area contributed by atoms with Gasteiger partial charge in [0.15, 0.2) is 0 Å². The van der Waals surface area contributed by atoms with Gasteiger partial charge < -0.3 is 10.4 Å². The average molecular weight is 310 g/mol. The van der Waals surface area contributed by atoms with Gasteiger partial charge >= 0.3 is 0 Å². The Labute approximate surface area is 126 Å². The molecule has 21 heavy (non-hydrogen) atoms. The van der Waals surface area contributed by atoms with Gasteiger partial charge in [-0.2, -0.15) is 4.31 Å². The van der Waals surface area contributed by atoms with E-state index in [9.17, 15) is 13.5 Å². The summed E-state index contributed by atoms with van der Waals surface area (Å²) in [6, 6.07) is 4.95. The Kier molecular flexibility index (Phi) is 3.94. The molecule has 1 heterocycles. The molecule has 0 saturated heterocycles. The molecular weight excluding hydrogens is 288 g/mol. The summed E-state index contributed by atoms with van der Waals surface area (Å²) in [4.78, 5) is 0.302. The summed E-state index contributed by atoms with van der Waals surface area (Å²) in [5.41, 5.74) is 2.07. The zero-order valence-corrected chi connectivity index (χ0v) is 13.1. The number of nitrogens with zero attached hydrogens (tertiary/aromatic N) is 1. The fourth-order valence-electron chi connectivity index (χ4n) is 3.29. The summed E-state index contributed by atoms with van der Waals surface area (Å²) in [7, 11) is -1.98. The number of likely N-dealkylation sites (N-methyl/N-ethyl adjacent to an activating group) is 1. The highest BCUT2D eigenvalue weighted by molar-refractivity contribution is 7.89. The van der Waals surface area contributed by atoms with Gasteiger partial charge in [0, 0.05) is 19.3 Å². The van der Waals surface area contributed by atoms with E-state index in [1.165, 1.54) is 4.31 Å². The Hall–Kier alpha value is -1.11. The largest absolute Gasteiger partial charge is 0.391 e. The molecule has 0 aromatic heterocycles. The Balaban J connectivity index is 1.89. The fraction of sp³-hybridized carbons (Fsp3) is 0.600. The lowest BCUT2D eigenvalue weighted by Crippen LogP contribution is -2.46. The highest BCUT2D eigenvalue weighted by atomic mass is 32.2. The molecule has 1 aliphatic carbocycles. The molecule has 2 N–H and O–H groups in total. The SMILES string of the molecule is CN(C1CCCCC1O)S(=O)(=O)c1ccc2c(c1)NCC2. The van der Waals surface area contributed by atoms with Crippen LogP contribution in [0.15, 0.2) is 23.1 Å². The summed E-state index contributed by atoms with van der Waals surface area (Å²) in [5, 5.41) is 13.3. The van der Waals surface area contributed by atoms with E-state index >= 15 is 0 Å². The summed E-state index contributed by atoms with van der Waals surface area (Å²) in [6.07, 6.45) is 3.70. The Morgan fingerprint density at radius 3 is 2.81 bits per heavy atom. The number of fused-ring (bicyclic) bond motifs is 1. The van der Waals surface area contributed by atoms with Gasteiger partial charge in [-0.1, -0.05) is 18.9 Å². The lowest BCUT2D eigenvalue weighted by molar-refractivity contribution is 0.0638. The number of benzene rings is 1. The van der Waals surface area contributed by atoms with E-state index in [2.05, 4.69) is 5.32 Å². The predicted octanol–water partition coefficient (Wildman–Crippen LogP) is 1.58. The summed E-state index contributed by atoms with van der Waals surface area (Å²) in [6.45, 7) is 0.857. The molecule has 2 atom stereocenters. The van der Waals surface area contributed by atoms with Gasteiger partial charge in [0.1, 0.15) is 0 Å². The van der Waals surface area contributed by atoms with Crippen LogP contribution < -0.4 is 5.32 Å². The van der Waals surface area contributed by atoms with Crippen LogP contribution >= 0.6 is 0 Å². The molecule has 1 aromatic rings. The average Bonchev–Trinajstić information content (AvgIpc) is 2.94. The first-order valence-electron chi connectivity index (χ1n) is 7.53. The van der Waals surface area contributed by atoms with E-state index in [0.29, 0.717) is 11.3 Å². The summed E-state index contributed by atoms with van der Waals surface area (Å²) < 4.78 is 26.9. The van der Waals surface area contributed by atoms with Crippen LogP contribution in [0.3, 0.4) is 0 Å². The third kappa shape index (κ3) is 2.67. The van der Waals surface area contributed by atoms with Crippen LogP contribution in [0.1, 0.15) is 31.2 Å². The van der Waals surface area contributed by atoms with Crippen molar-refractivity contribution in [3.8, 4) is 0 Å². The van der Waals surface area contributed by atoms with Crippen molar-refractivity contribution in [3.05, 3.63) is 23.8 Å². The van der Waals surface area contributed by atoms with Crippen molar-refractivity contribution in [2.75, 3.05) is 18.9 Å². The van der Waals surface area contributed by atoms with E-state index in [1.54, 1.807) is 19.2 Å². The maximum absolute atomic E-state index is 12.8. The first kappa shape index (κ1) is 14.8. The maximum atomic E-state index is 12.8. The minimum Gasteiger partial charge on any atom is -0.391 e. The minimum atomic E-state index is -3.56. The maximum Gasteiger partial charge on any atom is 0.243 e. The number of aliphatic hydroxyl groups is 1. The molecule has 0 spiro atoms. The first-order valence-corrected chi connectivity index (χ1v) is 8.97. The molecule has 0 bridgehead atoms. The molecule has 2 aliphatic rings. The smallest absolute Gasteiger partial charge is 0.243 e. The highest BCUT2D eigenvalue weighted by Crippen LogP contribution is 2.30. The number of sulfonamides is 1. The number of aliphatic hydroxyl groups excluding tert-OH is 1. The molecule has 1 saturated carbocycles. The van der Waals surface area contributed by atoms with Crippen LogP contribution in [0.4, 0.5) is 5.69 Å². The molecule has 1 fully saturated rings. The minimum absolute atomic E-state index is 0.302. The van der Waals surface area contributed by atoms with Gasteiger partial charge in [0.2, 0.25) is 10.0 Å². The van der Waals surface area contributed by atoms with E-state index in [-0.39, 0.29) is 6.04 Å². The van der Waals surface area contributed by atoms with Crippen LogP contribution in [-0.4, -0.2) is 43.6 Å². The van der Waals surface area contributed by atoms with Gasteiger partial charge in [0.05, 0.1) is 17.0 Å². The fourth-order valence-corrected chi connectivity index (χ4v) is 4.73. The molecule has 2 unspecified atom stereocenters. The van der Waals surface area contributed by atoms with Crippen LogP contribution in [0, 0.1) is 0 Å². The van der Waals surface area contributed by atoms with Crippen LogP contribution in [-0.2, 0) is 16.4 Å². The van der Waals surface area contributed by atoms with Gasteiger partial charge in [-0.25, -0.2) is 8.42 Å². The van der Waals surface area contributed by atoms with Crippen molar-refractivity contribution in [3.63, 3.8) is 0 Å². The van der Waals surface area contributed by atoms with Crippen molar-refractivity contribution >= 4 is 15.7 Å². The number of nitrogens with one attached hydrogen (secondary N) is 1. The van der Waals surface area contributed by atoms with E-state index in [1.807, 2.05) is 6.07 Å². The Bertz CT molecular complexity index is 630. The van der Waals surface area contributed by atoms with Gasteiger partial charge in [-0.3, -0.25) is 0 Å². The molecule has 5 nitrogen and oxygen atoms in total. The van der Waals surface area contributed by atoms with E-state index in [0.717, 1.165) is 43.5 Å². The lowest BCUT2D eigenvalue weighted by Gasteiger charge is -2.34. The lowest BCUT2D eigenvalue weighted by atomic mass is 9.93. The number of hydrogen-bond acceptors (Lipinski definition) is 4. The second kappa shape index (κ2) is 5.59. The van der Waals surface area contributed by atoms with Crippen molar-refractivity contribution in [2.45, 2.75) is 49.1 Å². The van der Waals surface area contributed by atoms with E-state index < -0.39 is 16.1 Å². The normalized spacial score (nSPS) is 25.7. The number of hydrogen-bond donors (Lipinski definition) is 2. The van der Waals surface area contributed by atoms with E-state index in [4.69, 9.17) is 0 Å². The van der Waals surface area contributed by atoms with Crippen molar-refractivity contribution in [1.82, 2.24) is 4.31 Å². The van der Waals surface area contributed by atoms with Crippen LogP contribution in [0.25, 0.3) is 0 Å². The number of rotatable bonds is 3. The number of anilines is 1. The van der Waals surface area contributed by atoms with Gasteiger partial charge in [-0.15, -0.1) is 0 Å². The molecule has 0 amide bonds. The van der Waals surface area contributed by atoms with Crippen LogP contribution in [0.5, 0.6) is 0 Å². The van der Waals surface area contributed by atoms with Crippen LogP contribution in [0.2, 0.25) is 0 Å². The molecule has 6 heteroatoms. The monoisotopic (exact) mass is 310 g/mol. The molecular formula is C15H22N2O3S. The van der Waals surface area contributed by atoms with Gasteiger partial charge in [-0.05, 0) is 37.0 Å². The highest BCUT2D eigenvalue weighted by Gasteiger charge is 2.34. The molecule has 1 aliphatic heterocycles. The Morgan fingerprint density at radius 1 is 1.29 bits per heavy atom. The standard InChI is InChI=1S/C15H22N2O3S/c1-17(14-4-2-3-5-15(14)18)21(19,20)12-7-6-11-8-9-16-13(11)10-12/h6-7,10,14-16,18H,2-5,8-9H2,1H3. The summed E-state index contributed by atoms with van der Waals surface area (Å²) in [5.74, 6) is 0. The predicted molar refractivity (Wildman–Crippen MR) is 81.8 cm³/mol. The molecule has 1 aromatic carbocycles. The van der Waals surface area contributed by atoms with Crippen molar-refractivity contribution in [1.29, 1.82) is 0 Å². The molecule has 0 radical (unpaired) electrons. The molecule has 3 rings (SSSR count).